The minimum absolute atomic E-state index is 0.0237. The van der Waals surface area contributed by atoms with Gasteiger partial charge in [0.25, 0.3) is 11.5 Å². The van der Waals surface area contributed by atoms with Crippen molar-refractivity contribution in [3.63, 3.8) is 0 Å². The van der Waals surface area contributed by atoms with Crippen molar-refractivity contribution in [2.24, 2.45) is 0 Å². The lowest BCUT2D eigenvalue weighted by Gasteiger charge is -2.26. The van der Waals surface area contributed by atoms with E-state index in [1.807, 2.05) is 36.4 Å². The first kappa shape index (κ1) is 26.1. The Morgan fingerprint density at radius 1 is 1.08 bits per heavy atom. The van der Waals surface area contributed by atoms with Gasteiger partial charge in [0.05, 0.1) is 25.2 Å². The van der Waals surface area contributed by atoms with E-state index in [1.54, 1.807) is 0 Å². The van der Waals surface area contributed by atoms with Crippen molar-refractivity contribution in [2.45, 2.75) is 18.9 Å². The van der Waals surface area contributed by atoms with E-state index in [4.69, 9.17) is 4.74 Å². The predicted octanol–water partition coefficient (Wildman–Crippen LogP) is 2.12. The summed E-state index contributed by atoms with van der Waals surface area (Å²) in [6, 6.07) is 15.8. The third-order valence-electron chi connectivity index (χ3n) is 6.16. The number of aromatic amines is 1. The number of rotatable bonds is 8. The van der Waals surface area contributed by atoms with Crippen LogP contribution in [0.4, 0.5) is 4.39 Å². The Bertz CT molecular complexity index is 1310. The number of nitrogens with one attached hydrogen (secondary N) is 2. The maximum absolute atomic E-state index is 12.6. The zero-order chi connectivity index (χ0) is 26.0. The number of alkyl halides is 1. The van der Waals surface area contributed by atoms with Gasteiger partial charge in [-0.3, -0.25) is 14.5 Å². The highest BCUT2D eigenvalue weighted by Crippen LogP contribution is 2.23. The summed E-state index contributed by atoms with van der Waals surface area (Å²) in [4.78, 5) is 32.0. The minimum Gasteiger partial charge on any atom is -0.502 e. The van der Waals surface area contributed by atoms with Crippen LogP contribution in [0.15, 0.2) is 59.7 Å². The predicted molar refractivity (Wildman–Crippen MR) is 137 cm³/mol. The molecule has 0 aliphatic carbocycles. The van der Waals surface area contributed by atoms with Gasteiger partial charge in [-0.15, -0.1) is 0 Å². The van der Waals surface area contributed by atoms with Gasteiger partial charge in [0.2, 0.25) is 5.75 Å². The van der Waals surface area contributed by atoms with E-state index in [9.17, 15) is 19.1 Å². The number of benzene rings is 2. The number of hydrogen-bond acceptors (Lipinski definition) is 6. The first-order valence-corrected chi connectivity index (χ1v) is 12.1. The molecular formula is C28H29FN4O4. The molecular weight excluding hydrogens is 475 g/mol. The summed E-state index contributed by atoms with van der Waals surface area (Å²) >= 11 is 0. The van der Waals surface area contributed by atoms with Crippen molar-refractivity contribution in [1.82, 2.24) is 20.2 Å². The summed E-state index contributed by atoms with van der Waals surface area (Å²) in [5.74, 6) is 4.54. The molecule has 4 rings (SSSR count). The van der Waals surface area contributed by atoms with Gasteiger partial charge in [0.1, 0.15) is 0 Å². The summed E-state index contributed by atoms with van der Waals surface area (Å²) in [5, 5.41) is 12.6. The fourth-order valence-electron chi connectivity index (χ4n) is 4.12. The number of aromatic nitrogens is 2. The highest BCUT2D eigenvalue weighted by Gasteiger charge is 2.20. The fraction of sp³-hybridized carbons (Fsp3) is 0.321. The monoisotopic (exact) mass is 504 g/mol. The van der Waals surface area contributed by atoms with Gasteiger partial charge in [-0.2, -0.15) is 0 Å². The van der Waals surface area contributed by atoms with E-state index in [0.29, 0.717) is 6.42 Å². The van der Waals surface area contributed by atoms with Gasteiger partial charge in [-0.1, -0.05) is 36.1 Å². The number of nitrogens with zero attached hydrogens (tertiary/aromatic N) is 2. The molecule has 1 saturated heterocycles. The molecule has 8 nitrogen and oxygen atoms in total. The van der Waals surface area contributed by atoms with Crippen LogP contribution >= 0.6 is 0 Å². The first-order chi connectivity index (χ1) is 18.0. The third-order valence-corrected chi connectivity index (χ3v) is 6.16. The van der Waals surface area contributed by atoms with Crippen LogP contribution in [0.1, 0.15) is 33.9 Å². The number of carbonyl (C=O) groups excluding carboxylic acids is 1. The molecule has 0 radical (unpaired) electrons. The van der Waals surface area contributed by atoms with Crippen molar-refractivity contribution < 1.29 is 19.0 Å². The van der Waals surface area contributed by atoms with Gasteiger partial charge in [-0.25, -0.2) is 9.37 Å². The van der Waals surface area contributed by atoms with Gasteiger partial charge in [0, 0.05) is 43.2 Å². The number of halogens is 1. The van der Waals surface area contributed by atoms with Gasteiger partial charge in [0.15, 0.2) is 6.67 Å². The average molecular weight is 505 g/mol. The zero-order valence-corrected chi connectivity index (χ0v) is 20.4. The van der Waals surface area contributed by atoms with Crippen LogP contribution in [0.3, 0.4) is 0 Å². The largest absolute Gasteiger partial charge is 0.502 e. The molecule has 1 aliphatic rings. The van der Waals surface area contributed by atoms with E-state index in [2.05, 4.69) is 44.2 Å². The van der Waals surface area contributed by atoms with Gasteiger partial charge < -0.3 is 20.1 Å². The van der Waals surface area contributed by atoms with E-state index < -0.39 is 29.8 Å². The fourth-order valence-corrected chi connectivity index (χ4v) is 4.12. The third kappa shape index (κ3) is 7.49. The molecule has 0 bridgehead atoms. The van der Waals surface area contributed by atoms with Crippen molar-refractivity contribution in [3.05, 3.63) is 93.2 Å². The molecule has 3 aromatic rings. The SMILES string of the molecule is O=C(CF)NCC(Cc1ccc(C#Cc2ccc(CN3CCOCC3)cc2)cc1)c1nc[nH]c(=O)c1O. The molecule has 37 heavy (non-hydrogen) atoms. The quantitative estimate of drug-likeness (QED) is 0.406. The molecule has 1 fully saturated rings. The molecule has 0 spiro atoms. The van der Waals surface area contributed by atoms with Crippen LogP contribution in [0.2, 0.25) is 0 Å². The normalized spacial score (nSPS) is 14.4. The zero-order valence-electron chi connectivity index (χ0n) is 20.4. The molecule has 1 aromatic heterocycles. The van der Waals surface area contributed by atoms with Crippen LogP contribution in [-0.2, 0) is 22.5 Å². The number of morpholine rings is 1. The second kappa shape index (κ2) is 12.8. The standard InChI is InChI=1S/C28H29FN4O4/c29-16-25(34)30-17-24(26-27(35)28(36)32-19-31-26)15-22-7-3-20(4-8-22)1-2-21-5-9-23(10-6-21)18-33-11-13-37-14-12-33/h3-10,19,24,35H,11-18H2,(H,30,34)(H,31,32,36). The number of hydrogen-bond donors (Lipinski definition) is 3. The summed E-state index contributed by atoms with van der Waals surface area (Å²) in [6.07, 6.45) is 1.56. The molecule has 1 unspecified atom stereocenters. The Labute approximate surface area is 214 Å². The minimum atomic E-state index is -1.15. The number of aromatic hydroxyl groups is 1. The van der Waals surface area contributed by atoms with E-state index in [-0.39, 0.29) is 12.2 Å². The average Bonchev–Trinajstić information content (AvgIpc) is 2.93. The first-order valence-electron chi connectivity index (χ1n) is 12.1. The summed E-state index contributed by atoms with van der Waals surface area (Å²) < 4.78 is 18.0. The molecule has 192 valence electrons. The van der Waals surface area contributed by atoms with Crippen molar-refractivity contribution in [2.75, 3.05) is 39.5 Å². The Hall–Kier alpha value is -4.00. The smallest absolute Gasteiger partial charge is 0.293 e. The number of H-pyrrole nitrogens is 1. The van der Waals surface area contributed by atoms with Crippen molar-refractivity contribution in [3.8, 4) is 17.6 Å². The van der Waals surface area contributed by atoms with Crippen molar-refractivity contribution in [1.29, 1.82) is 0 Å². The van der Waals surface area contributed by atoms with Crippen molar-refractivity contribution >= 4 is 5.91 Å². The highest BCUT2D eigenvalue weighted by molar-refractivity contribution is 5.77. The molecule has 2 heterocycles. The van der Waals surface area contributed by atoms with Crippen LogP contribution < -0.4 is 10.9 Å². The Kier molecular flexibility index (Phi) is 9.03. The molecule has 1 aliphatic heterocycles. The molecule has 1 amide bonds. The maximum Gasteiger partial charge on any atom is 0.293 e. The molecule has 1 atom stereocenters. The Morgan fingerprint density at radius 2 is 1.70 bits per heavy atom. The van der Waals surface area contributed by atoms with Gasteiger partial charge >= 0.3 is 0 Å². The van der Waals surface area contributed by atoms with Crippen LogP contribution in [0.5, 0.6) is 5.75 Å². The second-order valence-corrected chi connectivity index (χ2v) is 8.84. The summed E-state index contributed by atoms with van der Waals surface area (Å²) in [6.45, 7) is 3.25. The summed E-state index contributed by atoms with van der Waals surface area (Å²) in [5.41, 5.74) is 3.36. The lowest BCUT2D eigenvalue weighted by atomic mass is 9.94. The van der Waals surface area contributed by atoms with E-state index >= 15 is 0 Å². The second-order valence-electron chi connectivity index (χ2n) is 8.84. The number of ether oxygens (including phenoxy) is 1. The van der Waals surface area contributed by atoms with E-state index in [1.165, 1.54) is 11.9 Å². The topological polar surface area (TPSA) is 108 Å². The van der Waals surface area contributed by atoms with Gasteiger partial charge in [-0.05, 0) is 41.8 Å². The van der Waals surface area contributed by atoms with Crippen LogP contribution in [0, 0.1) is 11.8 Å². The van der Waals surface area contributed by atoms with Crippen LogP contribution in [0.25, 0.3) is 0 Å². The molecule has 0 saturated carbocycles. The maximum atomic E-state index is 12.6. The lowest BCUT2D eigenvalue weighted by Crippen LogP contribution is -2.35. The Morgan fingerprint density at radius 3 is 2.32 bits per heavy atom. The van der Waals surface area contributed by atoms with Crippen LogP contribution in [-0.4, -0.2) is 65.4 Å². The lowest BCUT2D eigenvalue weighted by molar-refractivity contribution is -0.122. The molecule has 2 aromatic carbocycles. The Balaban J connectivity index is 1.41. The number of carbonyl (C=O) groups is 1. The summed E-state index contributed by atoms with van der Waals surface area (Å²) in [7, 11) is 0. The molecule has 3 N–H and O–H groups in total. The number of amides is 1. The highest BCUT2D eigenvalue weighted by atomic mass is 19.1. The molecule has 9 heteroatoms. The van der Waals surface area contributed by atoms with E-state index in [0.717, 1.165) is 49.5 Å².